The zero-order valence-electron chi connectivity index (χ0n) is 32.4. The van der Waals surface area contributed by atoms with Gasteiger partial charge in [-0.2, -0.15) is 0 Å². The van der Waals surface area contributed by atoms with Gasteiger partial charge in [-0.15, -0.1) is 0 Å². The second-order valence-corrected chi connectivity index (χ2v) is 16.4. The third-order valence-corrected chi connectivity index (χ3v) is 11.6. The fourth-order valence-corrected chi connectivity index (χ4v) is 10.3. The molecule has 2 unspecified atom stereocenters. The van der Waals surface area contributed by atoms with Gasteiger partial charge in [-0.05, 0) is 104 Å². The zero-order chi connectivity index (χ0) is 38.3. The summed E-state index contributed by atoms with van der Waals surface area (Å²) in [6, 6.07) is 11.0. The number of rotatable bonds is 18. The van der Waals surface area contributed by atoms with Crippen LogP contribution in [0.2, 0.25) is 0 Å². The molecule has 4 atom stereocenters. The van der Waals surface area contributed by atoms with Crippen LogP contribution in [0.5, 0.6) is 23.0 Å². The molecule has 54 heavy (non-hydrogen) atoms. The smallest absolute Gasteiger partial charge is 0.412 e. The van der Waals surface area contributed by atoms with E-state index in [-0.39, 0.29) is 41.8 Å². The number of cyclic esters (lactones) is 1. The van der Waals surface area contributed by atoms with Gasteiger partial charge in [0, 0.05) is 31.1 Å². The molecule has 0 aromatic heterocycles. The van der Waals surface area contributed by atoms with E-state index in [2.05, 4.69) is 29.8 Å². The fourth-order valence-electron chi connectivity index (χ4n) is 10.3. The van der Waals surface area contributed by atoms with Crippen LogP contribution in [0.25, 0.3) is 0 Å². The average Bonchev–Trinajstić information content (AvgIpc) is 3.45. The van der Waals surface area contributed by atoms with Crippen molar-refractivity contribution in [2.45, 2.75) is 70.8 Å². The molecule has 5 aliphatic rings. The minimum atomic E-state index is -0.611. The molecule has 7 rings (SSSR count). The van der Waals surface area contributed by atoms with Gasteiger partial charge in [-0.25, -0.2) is 9.59 Å². The molecule has 4 bridgehead atoms. The highest BCUT2D eigenvalue weighted by atomic mass is 16.6. The van der Waals surface area contributed by atoms with Gasteiger partial charge in [0.1, 0.15) is 6.61 Å². The van der Waals surface area contributed by atoms with Gasteiger partial charge in [0.25, 0.3) is 0 Å². The van der Waals surface area contributed by atoms with Crippen molar-refractivity contribution in [1.29, 1.82) is 0 Å². The normalized spacial score (nSPS) is 27.9. The van der Waals surface area contributed by atoms with Crippen molar-refractivity contribution in [2.24, 2.45) is 28.6 Å². The van der Waals surface area contributed by atoms with Crippen molar-refractivity contribution in [3.8, 4) is 23.0 Å². The van der Waals surface area contributed by atoms with Crippen molar-refractivity contribution in [1.82, 2.24) is 16.0 Å². The number of ether oxygens (including phenoxy) is 7. The van der Waals surface area contributed by atoms with Crippen LogP contribution in [-0.4, -0.2) is 91.1 Å². The molecule has 2 amide bonds. The lowest BCUT2D eigenvalue weighted by Crippen LogP contribution is -2.65. The molecule has 3 N–H and O–H groups in total. The van der Waals surface area contributed by atoms with E-state index in [1.165, 1.54) is 26.4 Å². The predicted molar refractivity (Wildman–Crippen MR) is 200 cm³/mol. The number of hydrogen-bond donors (Lipinski definition) is 3. The average molecular weight is 752 g/mol. The monoisotopic (exact) mass is 751 g/mol. The number of hydrogen-bond acceptors (Lipinski definition) is 11. The summed E-state index contributed by atoms with van der Waals surface area (Å²) in [5.74, 6) is 2.06. The zero-order valence-corrected chi connectivity index (χ0v) is 32.4. The lowest BCUT2D eigenvalue weighted by Gasteiger charge is -2.65. The summed E-state index contributed by atoms with van der Waals surface area (Å²) in [6.07, 6.45) is 7.12. The third-order valence-electron chi connectivity index (χ3n) is 11.6. The molecule has 2 aromatic rings. The number of esters is 1. The number of nitrogens with one attached hydrogen (secondary N) is 3. The second-order valence-electron chi connectivity index (χ2n) is 16.4. The Morgan fingerprint density at radius 2 is 1.43 bits per heavy atom. The van der Waals surface area contributed by atoms with E-state index in [4.69, 9.17) is 33.2 Å². The van der Waals surface area contributed by atoms with Gasteiger partial charge in [-0.3, -0.25) is 4.79 Å². The number of methoxy groups -OCH3 is 3. The minimum Gasteiger partial charge on any atom is -0.493 e. The van der Waals surface area contributed by atoms with Crippen LogP contribution < -0.4 is 34.9 Å². The highest BCUT2D eigenvalue weighted by molar-refractivity contribution is 5.75. The molecule has 5 fully saturated rings. The SMILES string of the molecule is COc1ccc(C[C@H]2COC(=O)[C@@H]2Cc2ccc(OC(=O)NCCNCCOCCOC(=O)NC34CC5CC(C)(CC(C)(C5)C3)C4)c(OC)c2)cc1OC. The van der Waals surface area contributed by atoms with Crippen LogP contribution in [0, 0.1) is 28.6 Å². The Kier molecular flexibility index (Phi) is 12.5. The molecule has 13 heteroatoms. The van der Waals surface area contributed by atoms with E-state index < -0.39 is 6.09 Å². The first-order chi connectivity index (χ1) is 25.9. The summed E-state index contributed by atoms with van der Waals surface area (Å²) >= 11 is 0. The molecule has 0 spiro atoms. The lowest BCUT2D eigenvalue weighted by molar-refractivity contribution is -0.141. The fraction of sp³-hybridized carbons (Fsp3) is 0.634. The van der Waals surface area contributed by atoms with Crippen molar-refractivity contribution < 1.29 is 47.5 Å². The Morgan fingerprint density at radius 1 is 0.759 bits per heavy atom. The molecule has 4 saturated carbocycles. The van der Waals surface area contributed by atoms with Crippen molar-refractivity contribution in [2.75, 3.05) is 67.4 Å². The van der Waals surface area contributed by atoms with Crippen LogP contribution in [-0.2, 0) is 31.8 Å². The Labute approximate surface area is 318 Å². The van der Waals surface area contributed by atoms with Gasteiger partial charge >= 0.3 is 18.2 Å². The molecular weight excluding hydrogens is 694 g/mol. The second kappa shape index (κ2) is 17.1. The molecule has 2 aromatic carbocycles. The predicted octanol–water partition coefficient (Wildman–Crippen LogP) is 5.46. The quantitative estimate of drug-likeness (QED) is 0.132. The van der Waals surface area contributed by atoms with Crippen LogP contribution >= 0.6 is 0 Å². The maximum absolute atomic E-state index is 12.7. The summed E-state index contributed by atoms with van der Waals surface area (Å²) in [5, 5.41) is 9.19. The highest BCUT2D eigenvalue weighted by Gasteiger charge is 2.60. The molecule has 0 radical (unpaired) electrons. The molecule has 4 aliphatic carbocycles. The molecule has 13 nitrogen and oxygen atoms in total. The van der Waals surface area contributed by atoms with Crippen molar-refractivity contribution in [3.63, 3.8) is 0 Å². The van der Waals surface area contributed by atoms with Crippen LogP contribution in [0.1, 0.15) is 63.5 Å². The number of amides is 2. The van der Waals surface area contributed by atoms with Gasteiger partial charge in [0.2, 0.25) is 0 Å². The Balaban J connectivity index is 0.843. The van der Waals surface area contributed by atoms with E-state index >= 15 is 0 Å². The summed E-state index contributed by atoms with van der Waals surface area (Å²) < 4.78 is 38.4. The molecular formula is C41H57N3O10. The van der Waals surface area contributed by atoms with Gasteiger partial charge < -0.3 is 49.1 Å². The maximum Gasteiger partial charge on any atom is 0.412 e. The first-order valence-corrected chi connectivity index (χ1v) is 19.2. The third kappa shape index (κ3) is 9.70. The molecule has 1 saturated heterocycles. The number of carbonyl (C=O) groups excluding carboxylic acids is 3. The highest BCUT2D eigenvalue weighted by Crippen LogP contribution is 2.66. The number of alkyl carbamates (subject to hydrolysis) is 1. The number of benzene rings is 2. The Hall–Kier alpha value is -4.23. The van der Waals surface area contributed by atoms with E-state index in [0.29, 0.717) is 86.3 Å². The van der Waals surface area contributed by atoms with E-state index in [1.807, 2.05) is 24.3 Å². The van der Waals surface area contributed by atoms with Gasteiger partial charge in [-0.1, -0.05) is 26.0 Å². The van der Waals surface area contributed by atoms with Crippen LogP contribution in [0.3, 0.4) is 0 Å². The van der Waals surface area contributed by atoms with Gasteiger partial charge in [0.15, 0.2) is 23.0 Å². The lowest BCUT2D eigenvalue weighted by atomic mass is 9.43. The largest absolute Gasteiger partial charge is 0.493 e. The summed E-state index contributed by atoms with van der Waals surface area (Å²) in [7, 11) is 4.69. The summed E-state index contributed by atoms with van der Waals surface area (Å²) in [4.78, 5) is 37.9. The van der Waals surface area contributed by atoms with E-state index in [0.717, 1.165) is 30.4 Å². The minimum absolute atomic E-state index is 0.0145. The Bertz CT molecular complexity index is 1630. The first-order valence-electron chi connectivity index (χ1n) is 19.2. The standard InChI is InChI=1S/C41H57N3O10/c1-39-20-29-21-40(2,24-39)26-41(22-29,25-39)44-38(47)52-15-14-51-13-12-42-10-11-43-37(46)54-33-9-7-28(19-35(33)50-5)17-31-30(23-53-36(31)45)16-27-6-8-32(48-3)34(18-27)49-4/h6-9,18-19,29-31,42H,10-17,20-26H2,1-5H3,(H,43,46)(H,44,47)/t29?,30-,31+,39?,40?,41?/m0/s1. The Morgan fingerprint density at radius 3 is 2.11 bits per heavy atom. The van der Waals surface area contributed by atoms with Crippen molar-refractivity contribution in [3.05, 3.63) is 47.5 Å². The summed E-state index contributed by atoms with van der Waals surface area (Å²) in [5.41, 5.74) is 2.41. The molecule has 296 valence electrons. The van der Waals surface area contributed by atoms with Crippen molar-refractivity contribution >= 4 is 18.2 Å². The van der Waals surface area contributed by atoms with E-state index in [9.17, 15) is 14.4 Å². The van der Waals surface area contributed by atoms with E-state index in [1.54, 1.807) is 26.4 Å². The first kappa shape index (κ1) is 39.5. The molecule has 1 aliphatic heterocycles. The summed E-state index contributed by atoms with van der Waals surface area (Å²) in [6.45, 7) is 7.50. The van der Waals surface area contributed by atoms with Crippen LogP contribution in [0.4, 0.5) is 9.59 Å². The number of carbonyl (C=O) groups is 3. The topological polar surface area (TPSA) is 152 Å². The molecule has 1 heterocycles. The maximum atomic E-state index is 12.7. The van der Waals surface area contributed by atoms with Crippen LogP contribution in [0.15, 0.2) is 36.4 Å². The van der Waals surface area contributed by atoms with Gasteiger partial charge in [0.05, 0.1) is 47.1 Å².